The van der Waals surface area contributed by atoms with Crippen LogP contribution in [0.15, 0.2) is 273 Å². The fraction of sp³-hybridized carbons (Fsp3) is 0.0864. The topological polar surface area (TPSA) is 3.24 Å². The van der Waals surface area contributed by atoms with Gasteiger partial charge in [0, 0.05) is 53.3 Å². The van der Waals surface area contributed by atoms with E-state index in [0.29, 0.717) is 0 Å². The lowest BCUT2D eigenvalue weighted by Gasteiger charge is -2.34. The molecule has 0 radical (unpaired) electrons. The zero-order chi connectivity index (χ0) is 55.3. The van der Waals surface area contributed by atoms with Crippen molar-refractivity contribution in [2.75, 3.05) is 4.90 Å². The Bertz CT molecular complexity index is 5000. The molecule has 1 nitrogen and oxygen atoms in total. The molecule has 1 aromatic heterocycles. The fourth-order valence-electron chi connectivity index (χ4n) is 15.4. The monoisotopic (exact) mass is 1080 g/mol. The zero-order valence-electron chi connectivity index (χ0n) is 46.8. The van der Waals surface area contributed by atoms with Gasteiger partial charge in [0.15, 0.2) is 0 Å². The Balaban J connectivity index is 0.929. The van der Waals surface area contributed by atoms with E-state index in [0.717, 1.165) is 17.1 Å². The van der Waals surface area contributed by atoms with Crippen LogP contribution in [0, 0.1) is 0 Å². The first-order chi connectivity index (χ1) is 40.7. The van der Waals surface area contributed by atoms with Gasteiger partial charge >= 0.3 is 0 Å². The van der Waals surface area contributed by atoms with Crippen LogP contribution in [0.1, 0.15) is 72.2 Å². The fourth-order valence-corrected chi connectivity index (χ4v) is 16.7. The smallest absolute Gasteiger partial charge is 0.0713 e. The molecule has 0 unspecified atom stereocenters. The van der Waals surface area contributed by atoms with Crippen molar-refractivity contribution >= 4 is 70.1 Å². The number of thiophene rings is 1. The summed E-state index contributed by atoms with van der Waals surface area (Å²) < 4.78 is 2.61. The van der Waals surface area contributed by atoms with E-state index in [-0.39, 0.29) is 10.8 Å². The Labute approximate surface area is 489 Å². The number of fused-ring (bicyclic) bond motifs is 15. The van der Waals surface area contributed by atoms with Gasteiger partial charge in [-0.2, -0.15) is 0 Å². The van der Waals surface area contributed by atoms with Crippen molar-refractivity contribution in [3.63, 3.8) is 0 Å². The summed E-state index contributed by atoms with van der Waals surface area (Å²) in [4.78, 5) is 2.57. The van der Waals surface area contributed by atoms with Crippen LogP contribution in [0.3, 0.4) is 0 Å². The predicted octanol–water partition coefficient (Wildman–Crippen LogP) is 22.1. The normalized spacial score (nSPS) is 14.6. The highest BCUT2D eigenvalue weighted by Crippen LogP contribution is 2.59. The molecule has 0 N–H and O–H groups in total. The Hall–Kier alpha value is -9.60. The summed E-state index contributed by atoms with van der Waals surface area (Å²) in [6.07, 6.45) is 0. The van der Waals surface area contributed by atoms with E-state index in [1.807, 2.05) is 11.3 Å². The van der Waals surface area contributed by atoms with Gasteiger partial charge in [-0.15, -0.1) is 11.3 Å². The van der Waals surface area contributed by atoms with Gasteiger partial charge in [-0.3, -0.25) is 0 Å². The average Bonchev–Trinajstić information content (AvgIpc) is 3.59. The van der Waals surface area contributed by atoms with Crippen LogP contribution < -0.4 is 4.90 Å². The van der Waals surface area contributed by atoms with Crippen LogP contribution in [0.2, 0.25) is 0 Å². The summed E-state index contributed by atoms with van der Waals surface area (Å²) in [6, 6.07) is 104. The van der Waals surface area contributed by atoms with Crippen molar-refractivity contribution in [1.29, 1.82) is 0 Å². The summed E-state index contributed by atoms with van der Waals surface area (Å²) in [5.74, 6) is 0. The van der Waals surface area contributed by atoms with Gasteiger partial charge in [0.25, 0.3) is 0 Å². The van der Waals surface area contributed by atoms with Crippen LogP contribution in [-0.2, 0) is 16.2 Å². The summed E-state index contributed by atoms with van der Waals surface area (Å²) in [6.45, 7) is 9.58. The highest BCUT2D eigenvalue weighted by molar-refractivity contribution is 7.26. The molecule has 17 rings (SSSR count). The molecule has 0 saturated carbocycles. The summed E-state index contributed by atoms with van der Waals surface area (Å²) in [5, 5.41) is 7.67. The lowest BCUT2D eigenvalue weighted by Crippen LogP contribution is -2.28. The molecule has 3 aliphatic rings. The lowest BCUT2D eigenvalue weighted by molar-refractivity contribution is 0.660. The molecule has 83 heavy (non-hydrogen) atoms. The molecule has 0 aliphatic heterocycles. The van der Waals surface area contributed by atoms with Crippen molar-refractivity contribution in [3.8, 4) is 55.6 Å². The SMILES string of the molecule is CC1(C)c2ccccc2-c2ccc(-c3cc4c5ccccc5sc4c4c(-c5ccccc5N(c5ccc6c(c5)-c5cc7ccccc7cc5C6(C)C)c5ccc6c(c5)-c5ccccc5C6(c5ccccc5)c5ccccc5)cccc34)cc21. The largest absolute Gasteiger partial charge is 0.310 e. The minimum absolute atomic E-state index is 0.127. The highest BCUT2D eigenvalue weighted by Gasteiger charge is 2.46. The number of hydrogen-bond acceptors (Lipinski definition) is 2. The molecule has 0 spiro atoms. The van der Waals surface area contributed by atoms with Crippen LogP contribution >= 0.6 is 11.3 Å². The number of anilines is 3. The van der Waals surface area contributed by atoms with Crippen molar-refractivity contribution in [2.24, 2.45) is 0 Å². The number of nitrogens with zero attached hydrogens (tertiary/aromatic N) is 1. The van der Waals surface area contributed by atoms with Gasteiger partial charge in [0.1, 0.15) is 0 Å². The van der Waals surface area contributed by atoms with Gasteiger partial charge in [-0.05, 0) is 171 Å². The van der Waals surface area contributed by atoms with Crippen LogP contribution in [0.5, 0.6) is 0 Å². The molecule has 0 bridgehead atoms. The van der Waals surface area contributed by atoms with Gasteiger partial charge in [0.05, 0.1) is 11.1 Å². The third kappa shape index (κ3) is 6.76. The summed E-state index contributed by atoms with van der Waals surface area (Å²) >= 11 is 1.92. The highest BCUT2D eigenvalue weighted by atomic mass is 32.1. The van der Waals surface area contributed by atoms with Crippen molar-refractivity contribution in [2.45, 2.75) is 43.9 Å². The third-order valence-electron chi connectivity index (χ3n) is 19.3. The quantitative estimate of drug-likeness (QED) is 0.154. The van der Waals surface area contributed by atoms with E-state index < -0.39 is 5.41 Å². The second-order valence-corrected chi connectivity index (χ2v) is 25.3. The Morgan fingerprint density at radius 3 is 1.54 bits per heavy atom. The molecular weight excluding hydrogens is 1020 g/mol. The van der Waals surface area contributed by atoms with Gasteiger partial charge in [-0.25, -0.2) is 0 Å². The second-order valence-electron chi connectivity index (χ2n) is 24.3. The zero-order valence-corrected chi connectivity index (χ0v) is 47.7. The summed E-state index contributed by atoms with van der Waals surface area (Å²) in [5.41, 5.74) is 25.8. The van der Waals surface area contributed by atoms with E-state index in [1.165, 1.54) is 142 Å². The van der Waals surface area contributed by atoms with Crippen molar-refractivity contribution in [3.05, 3.63) is 317 Å². The van der Waals surface area contributed by atoms with Crippen LogP contribution in [0.25, 0.3) is 97.4 Å². The molecule has 14 aromatic rings. The Morgan fingerprint density at radius 2 is 0.807 bits per heavy atom. The minimum atomic E-state index is -0.518. The van der Waals surface area contributed by atoms with Crippen molar-refractivity contribution in [1.82, 2.24) is 0 Å². The predicted molar refractivity (Wildman–Crippen MR) is 352 cm³/mol. The molecule has 2 heteroatoms. The maximum Gasteiger partial charge on any atom is 0.0713 e. The molecule has 1 heterocycles. The Kier molecular flexibility index (Phi) is 10.3. The molecule has 0 atom stereocenters. The molecular formula is C81H57NS. The van der Waals surface area contributed by atoms with E-state index in [9.17, 15) is 0 Å². The number of benzene rings is 13. The van der Waals surface area contributed by atoms with Gasteiger partial charge in [-0.1, -0.05) is 240 Å². The van der Waals surface area contributed by atoms with Crippen molar-refractivity contribution < 1.29 is 0 Å². The molecule has 0 amide bonds. The first-order valence-electron chi connectivity index (χ1n) is 29.2. The standard InChI is InChI=1S/C81H57NS/c1-79(2)69-34-17-13-28-57(69)59-41-38-52(46-73(59)79)64-49-68-61-31-16-20-37-76(61)83-78(68)77-62(32-21-33-63(64)77)60-30-15-19-36-75(60)82(55-39-42-70-67(48-55)65-44-50-22-11-12-23-51(50)45-74(65)80(70,3)4)56-40-43-72-66(47-56)58-29-14-18-35-71(58)81(72,53-24-7-5-8-25-53)54-26-9-6-10-27-54/h5-49H,1-4H3. The van der Waals surface area contributed by atoms with E-state index in [2.05, 4.69) is 306 Å². The minimum Gasteiger partial charge on any atom is -0.310 e. The maximum atomic E-state index is 2.57. The first-order valence-corrected chi connectivity index (χ1v) is 30.0. The Morgan fingerprint density at radius 1 is 0.301 bits per heavy atom. The van der Waals surface area contributed by atoms with Crippen LogP contribution in [-0.4, -0.2) is 0 Å². The average molecular weight is 1080 g/mol. The molecule has 13 aromatic carbocycles. The summed E-state index contributed by atoms with van der Waals surface area (Å²) in [7, 11) is 0. The number of hydrogen-bond donors (Lipinski definition) is 0. The molecule has 392 valence electrons. The number of rotatable bonds is 7. The van der Waals surface area contributed by atoms with E-state index in [1.54, 1.807) is 0 Å². The van der Waals surface area contributed by atoms with E-state index >= 15 is 0 Å². The lowest BCUT2D eigenvalue weighted by atomic mass is 9.68. The molecule has 3 aliphatic carbocycles. The maximum absolute atomic E-state index is 2.57. The van der Waals surface area contributed by atoms with Gasteiger partial charge in [0.2, 0.25) is 0 Å². The van der Waals surface area contributed by atoms with Crippen LogP contribution in [0.4, 0.5) is 17.1 Å². The second kappa shape index (κ2) is 17.7. The molecule has 0 fully saturated rings. The number of para-hydroxylation sites is 1. The first kappa shape index (κ1) is 48.1. The third-order valence-corrected chi connectivity index (χ3v) is 20.5. The van der Waals surface area contributed by atoms with Gasteiger partial charge < -0.3 is 4.90 Å². The van der Waals surface area contributed by atoms with E-state index in [4.69, 9.17) is 0 Å². The molecule has 0 saturated heterocycles.